The lowest BCUT2D eigenvalue weighted by Gasteiger charge is -2.20. The summed E-state index contributed by atoms with van der Waals surface area (Å²) in [5.41, 5.74) is 4.40. The van der Waals surface area contributed by atoms with E-state index < -0.39 is 59.9 Å². The average molecular weight is 767 g/mol. The van der Waals surface area contributed by atoms with Crippen LogP contribution in [0.15, 0.2) is 84.9 Å². The van der Waals surface area contributed by atoms with Gasteiger partial charge in [0.15, 0.2) is 6.10 Å². The Hall–Kier alpha value is -5.91. The number of para-hydroxylation sites is 1. The number of aliphatic hydroxyl groups excluding tert-OH is 2. The molecule has 0 fully saturated rings. The monoisotopic (exact) mass is 766 g/mol. The highest BCUT2D eigenvalue weighted by Crippen LogP contribution is 2.42. The molecule has 3 aromatic carbocycles. The van der Waals surface area contributed by atoms with Gasteiger partial charge in [-0.15, -0.1) is 20.2 Å². The summed E-state index contributed by atoms with van der Waals surface area (Å²) in [5, 5.41) is 43.3. The molecule has 0 saturated heterocycles. The number of benzene rings is 3. The quantitative estimate of drug-likeness (QED) is 0.0387. The molecular weight excluding hydrogens is 723 g/mol. The number of amides is 1. The zero-order chi connectivity index (χ0) is 39.9. The van der Waals surface area contributed by atoms with Crippen LogP contribution in [0.4, 0.5) is 10.1 Å². The van der Waals surface area contributed by atoms with Crippen LogP contribution < -0.4 is 5.32 Å². The first-order valence-corrected chi connectivity index (χ1v) is 17.5. The fraction of sp³-hybridized carbons (Fsp3) is 0.368. The van der Waals surface area contributed by atoms with Crippen molar-refractivity contribution in [2.75, 3.05) is 31.7 Å². The number of ether oxygens (including phenoxy) is 2. The SMILES string of the molecule is CC(C)c1c(C(=O)Nc2ccccc2)c(-c2ccccc2)c(-c2ccc(F)cc2)n1CC[C@@H](O)C[C@@H](O)CC(=O)OCCOCC(CO[N+](=O)[O-])O[N+](=O)[O-]. The molecule has 0 aliphatic heterocycles. The van der Waals surface area contributed by atoms with E-state index >= 15 is 0 Å². The predicted octanol–water partition coefficient (Wildman–Crippen LogP) is 5.57. The van der Waals surface area contributed by atoms with Crippen LogP contribution in [0.5, 0.6) is 0 Å². The van der Waals surface area contributed by atoms with Crippen molar-refractivity contribution in [3.8, 4) is 22.4 Å². The summed E-state index contributed by atoms with van der Waals surface area (Å²) in [6.45, 7) is 2.36. The standard InChI is InChI=1S/C38H43FN4O12/c1-25(2)36-35(38(47)40-29-11-7-4-8-12-29)34(26-9-5-3-6-10-26)37(27-13-15-28(39)16-14-27)41(36)18-17-30(44)21-31(45)22-33(46)53-20-19-52-23-32(55-43(50)51)24-54-42(48)49/h3-16,25,30-32,44-45H,17-24H2,1-2H3,(H,40,47)/t30-,31-,32?/m1/s1. The van der Waals surface area contributed by atoms with Crippen LogP contribution in [0.25, 0.3) is 22.4 Å². The summed E-state index contributed by atoms with van der Waals surface area (Å²) in [6, 6.07) is 24.4. The fourth-order valence-electron chi connectivity index (χ4n) is 6.06. The lowest BCUT2D eigenvalue weighted by atomic mass is 9.94. The lowest BCUT2D eigenvalue weighted by Crippen LogP contribution is -2.30. The largest absolute Gasteiger partial charge is 0.463 e. The van der Waals surface area contributed by atoms with E-state index in [-0.39, 0.29) is 44.4 Å². The van der Waals surface area contributed by atoms with Gasteiger partial charge >= 0.3 is 5.97 Å². The molecule has 1 unspecified atom stereocenters. The van der Waals surface area contributed by atoms with Crippen molar-refractivity contribution in [1.29, 1.82) is 0 Å². The van der Waals surface area contributed by atoms with Gasteiger partial charge in [0.2, 0.25) is 0 Å². The molecule has 0 aliphatic carbocycles. The van der Waals surface area contributed by atoms with Crippen molar-refractivity contribution in [2.45, 2.75) is 63.9 Å². The Balaban J connectivity index is 1.48. The van der Waals surface area contributed by atoms with E-state index in [1.54, 1.807) is 24.3 Å². The third-order valence-electron chi connectivity index (χ3n) is 8.32. The van der Waals surface area contributed by atoms with Gasteiger partial charge in [-0.3, -0.25) is 9.59 Å². The van der Waals surface area contributed by atoms with Crippen LogP contribution in [0.1, 0.15) is 55.1 Å². The minimum Gasteiger partial charge on any atom is -0.463 e. The van der Waals surface area contributed by atoms with E-state index in [0.29, 0.717) is 33.8 Å². The van der Waals surface area contributed by atoms with Gasteiger partial charge in [0.25, 0.3) is 16.1 Å². The molecule has 4 rings (SSSR count). The summed E-state index contributed by atoms with van der Waals surface area (Å²) in [7, 11) is 0. The Bertz CT molecular complexity index is 1870. The molecule has 1 amide bonds. The van der Waals surface area contributed by atoms with Crippen molar-refractivity contribution in [3.63, 3.8) is 0 Å². The minimum absolute atomic E-state index is 0.115. The number of halogens is 1. The van der Waals surface area contributed by atoms with Crippen LogP contribution in [-0.4, -0.2) is 81.6 Å². The fourth-order valence-corrected chi connectivity index (χ4v) is 6.06. The van der Waals surface area contributed by atoms with Gasteiger partial charge in [0, 0.05) is 23.5 Å². The molecule has 0 saturated carbocycles. The maximum atomic E-state index is 14.2. The molecule has 1 aromatic heterocycles. The van der Waals surface area contributed by atoms with Gasteiger partial charge in [-0.25, -0.2) is 4.39 Å². The number of esters is 1. The molecule has 3 N–H and O–H groups in total. The number of hydrogen-bond donors (Lipinski definition) is 3. The van der Waals surface area contributed by atoms with Gasteiger partial charge < -0.3 is 39.2 Å². The first-order chi connectivity index (χ1) is 26.3. The van der Waals surface area contributed by atoms with Crippen LogP contribution in [0, 0.1) is 26.0 Å². The molecule has 0 bridgehead atoms. The molecule has 3 atom stereocenters. The third kappa shape index (κ3) is 12.6. The van der Waals surface area contributed by atoms with Crippen molar-refractivity contribution in [2.24, 2.45) is 0 Å². The second-order valence-corrected chi connectivity index (χ2v) is 12.8. The maximum Gasteiger partial charge on any atom is 0.308 e. The molecule has 0 radical (unpaired) electrons. The van der Waals surface area contributed by atoms with Gasteiger partial charge in [-0.05, 0) is 66.3 Å². The number of nitrogens with one attached hydrogen (secondary N) is 1. The molecule has 16 nitrogen and oxygen atoms in total. The van der Waals surface area contributed by atoms with Gasteiger partial charge in [-0.2, -0.15) is 0 Å². The Morgan fingerprint density at radius 1 is 0.855 bits per heavy atom. The Labute approximate surface area is 315 Å². The summed E-state index contributed by atoms with van der Waals surface area (Å²) in [4.78, 5) is 55.8. The van der Waals surface area contributed by atoms with Crippen LogP contribution in [0.3, 0.4) is 0 Å². The summed E-state index contributed by atoms with van der Waals surface area (Å²) >= 11 is 0. The van der Waals surface area contributed by atoms with Crippen molar-refractivity contribution >= 4 is 17.6 Å². The second kappa shape index (κ2) is 20.5. The van der Waals surface area contributed by atoms with Crippen molar-refractivity contribution in [1.82, 2.24) is 4.57 Å². The molecular formula is C38H43FN4O12. The summed E-state index contributed by atoms with van der Waals surface area (Å²) in [5.74, 6) is -1.76. The summed E-state index contributed by atoms with van der Waals surface area (Å²) < 4.78 is 26.3. The predicted molar refractivity (Wildman–Crippen MR) is 196 cm³/mol. The molecule has 4 aromatic rings. The number of aliphatic hydroxyl groups is 2. The first-order valence-electron chi connectivity index (χ1n) is 17.5. The molecule has 0 aliphatic rings. The normalized spacial score (nSPS) is 12.8. The van der Waals surface area contributed by atoms with Gasteiger partial charge in [-0.1, -0.05) is 62.4 Å². The Kier molecular flexibility index (Phi) is 15.6. The second-order valence-electron chi connectivity index (χ2n) is 12.8. The third-order valence-corrected chi connectivity index (χ3v) is 8.32. The number of nitrogens with zero attached hydrogens (tertiary/aromatic N) is 3. The Morgan fingerprint density at radius 2 is 1.51 bits per heavy atom. The van der Waals surface area contributed by atoms with E-state index in [9.17, 15) is 44.4 Å². The number of carbonyl (C=O) groups excluding carboxylic acids is 2. The highest BCUT2D eigenvalue weighted by molar-refractivity contribution is 6.12. The van der Waals surface area contributed by atoms with E-state index in [0.717, 1.165) is 5.56 Å². The molecule has 1 heterocycles. The topological polar surface area (TPSA) is 215 Å². The highest BCUT2D eigenvalue weighted by Gasteiger charge is 2.31. The van der Waals surface area contributed by atoms with E-state index in [4.69, 9.17) is 9.47 Å². The lowest BCUT2D eigenvalue weighted by molar-refractivity contribution is -0.790. The van der Waals surface area contributed by atoms with Crippen LogP contribution in [0.2, 0.25) is 0 Å². The Morgan fingerprint density at radius 3 is 2.13 bits per heavy atom. The minimum atomic E-state index is -1.39. The molecule has 294 valence electrons. The number of hydrogen-bond acceptors (Lipinski definition) is 12. The van der Waals surface area contributed by atoms with Gasteiger partial charge in [0.1, 0.15) is 19.0 Å². The highest BCUT2D eigenvalue weighted by atomic mass is 19.1. The van der Waals surface area contributed by atoms with E-state index in [1.165, 1.54) is 12.1 Å². The van der Waals surface area contributed by atoms with E-state index in [1.807, 2.05) is 66.9 Å². The average Bonchev–Trinajstić information content (AvgIpc) is 3.49. The number of aromatic nitrogens is 1. The number of rotatable bonds is 22. The smallest absolute Gasteiger partial charge is 0.308 e. The maximum absolute atomic E-state index is 14.2. The zero-order valence-electron chi connectivity index (χ0n) is 30.2. The van der Waals surface area contributed by atoms with Crippen LogP contribution >= 0.6 is 0 Å². The molecule has 17 heteroatoms. The molecule has 55 heavy (non-hydrogen) atoms. The molecule has 0 spiro atoms. The zero-order valence-corrected chi connectivity index (χ0v) is 30.2. The number of anilines is 1. The van der Waals surface area contributed by atoms with E-state index in [2.05, 4.69) is 15.0 Å². The van der Waals surface area contributed by atoms with Crippen molar-refractivity contribution in [3.05, 3.63) is 122 Å². The van der Waals surface area contributed by atoms with Crippen molar-refractivity contribution < 1.29 is 53.5 Å². The first kappa shape index (κ1) is 41.8. The van der Waals surface area contributed by atoms with Crippen LogP contribution in [-0.2, 0) is 30.5 Å². The number of carbonyl (C=O) groups is 2. The van der Waals surface area contributed by atoms with Gasteiger partial charge in [0.05, 0.1) is 43.1 Å². The summed E-state index contributed by atoms with van der Waals surface area (Å²) in [6.07, 6.45) is -4.28.